The second-order valence-corrected chi connectivity index (χ2v) is 9.32. The number of fused-ring (bicyclic) bond motifs is 1. The predicted molar refractivity (Wildman–Crippen MR) is 136 cm³/mol. The molecule has 0 bridgehead atoms. The number of carbonyl (C=O) groups excluding carboxylic acids is 1. The summed E-state index contributed by atoms with van der Waals surface area (Å²) in [6, 6.07) is 20.8. The van der Waals surface area contributed by atoms with E-state index in [-0.39, 0.29) is 24.0 Å². The summed E-state index contributed by atoms with van der Waals surface area (Å²) >= 11 is 0. The summed E-state index contributed by atoms with van der Waals surface area (Å²) in [5.74, 6) is -0.589. The van der Waals surface area contributed by atoms with Crippen LogP contribution in [0.2, 0.25) is 0 Å². The van der Waals surface area contributed by atoms with Crippen molar-refractivity contribution in [1.29, 1.82) is 0 Å². The Kier molecular flexibility index (Phi) is 8.67. The number of benzene rings is 3. The van der Waals surface area contributed by atoms with Gasteiger partial charge in [-0.15, -0.1) is 0 Å². The molecule has 1 aromatic heterocycles. The normalized spacial score (nSPS) is 11.9. The highest BCUT2D eigenvalue weighted by Crippen LogP contribution is 2.21. The third kappa shape index (κ3) is 7.17. The molecule has 0 spiro atoms. The molecule has 182 valence electrons. The van der Waals surface area contributed by atoms with Crippen LogP contribution in [0, 0.1) is 6.92 Å². The number of aryl methyl sites for hydroxylation is 1. The summed E-state index contributed by atoms with van der Waals surface area (Å²) in [5, 5.41) is 14.1. The lowest BCUT2D eigenvalue weighted by atomic mass is 9.97. The van der Waals surface area contributed by atoms with Gasteiger partial charge in [0.05, 0.1) is 17.4 Å². The number of aromatic nitrogens is 1. The van der Waals surface area contributed by atoms with Crippen molar-refractivity contribution in [2.45, 2.75) is 24.3 Å². The molecule has 0 aliphatic heterocycles. The maximum absolute atomic E-state index is 12.6. The standard InChI is InChI=1S/C19H19N3O2.C7H8O3S/c20-10-18(14-3-1-13(12-23)2-4-14)19(24)22-17-6-5-16-11-21-8-7-15(16)9-17;1-6-2-4-7(5-3-6)11(8,9)10/h1-9,11,18,23H,10,12,20H2,(H,22,24);2-5H,1H3,(H,8,9,10)/t18-;/m1./s1. The molecule has 0 radical (unpaired) electrons. The average molecular weight is 494 g/mol. The molecule has 4 rings (SSSR count). The van der Waals surface area contributed by atoms with Crippen LogP contribution in [-0.4, -0.2) is 35.5 Å². The quantitative estimate of drug-likeness (QED) is 0.300. The lowest BCUT2D eigenvalue weighted by molar-refractivity contribution is -0.117. The second kappa shape index (κ2) is 11.7. The number of hydrogen-bond acceptors (Lipinski definition) is 6. The number of nitrogens with zero attached hydrogens (tertiary/aromatic N) is 1. The number of aliphatic hydroxyl groups is 1. The fourth-order valence-electron chi connectivity index (χ4n) is 3.35. The minimum absolute atomic E-state index is 0.0221. The first-order valence-electron chi connectivity index (χ1n) is 10.8. The Labute approximate surface area is 204 Å². The zero-order chi connectivity index (χ0) is 25.4. The minimum atomic E-state index is -4.02. The lowest BCUT2D eigenvalue weighted by Crippen LogP contribution is -2.27. The molecule has 9 heteroatoms. The van der Waals surface area contributed by atoms with Gasteiger partial charge in [-0.2, -0.15) is 8.42 Å². The molecule has 0 aliphatic carbocycles. The van der Waals surface area contributed by atoms with Gasteiger partial charge in [0.1, 0.15) is 0 Å². The SMILES string of the molecule is Cc1ccc(S(=O)(=O)O)cc1.NC[C@@H](C(=O)Nc1ccc2cnccc2c1)c1ccc(CO)cc1. The second-order valence-electron chi connectivity index (χ2n) is 7.90. The van der Waals surface area contributed by atoms with Gasteiger partial charge in [-0.1, -0.05) is 48.0 Å². The van der Waals surface area contributed by atoms with E-state index in [4.69, 9.17) is 15.4 Å². The molecular weight excluding hydrogens is 466 g/mol. The first-order chi connectivity index (χ1) is 16.7. The van der Waals surface area contributed by atoms with Crippen molar-refractivity contribution in [1.82, 2.24) is 4.98 Å². The summed E-state index contributed by atoms with van der Waals surface area (Å²) in [7, 11) is -4.02. The molecule has 0 saturated carbocycles. The van der Waals surface area contributed by atoms with Crippen LogP contribution < -0.4 is 11.1 Å². The van der Waals surface area contributed by atoms with Crippen molar-refractivity contribution in [3.8, 4) is 0 Å². The summed E-state index contributed by atoms with van der Waals surface area (Å²) in [6.07, 6.45) is 3.51. The highest BCUT2D eigenvalue weighted by Gasteiger charge is 2.19. The number of anilines is 1. The van der Waals surface area contributed by atoms with Gasteiger partial charge in [0, 0.05) is 30.0 Å². The molecule has 5 N–H and O–H groups in total. The molecular formula is C26H27N3O5S. The molecule has 4 aromatic rings. The van der Waals surface area contributed by atoms with Crippen molar-refractivity contribution >= 4 is 32.5 Å². The van der Waals surface area contributed by atoms with Gasteiger partial charge in [-0.05, 0) is 53.8 Å². The van der Waals surface area contributed by atoms with Crippen molar-refractivity contribution in [2.24, 2.45) is 5.73 Å². The molecule has 35 heavy (non-hydrogen) atoms. The fourth-order valence-corrected chi connectivity index (χ4v) is 3.83. The molecule has 3 aromatic carbocycles. The van der Waals surface area contributed by atoms with Crippen LogP contribution >= 0.6 is 0 Å². The third-order valence-corrected chi connectivity index (χ3v) is 6.21. The van der Waals surface area contributed by atoms with E-state index in [1.165, 1.54) is 12.1 Å². The molecule has 0 fully saturated rings. The average Bonchev–Trinajstić information content (AvgIpc) is 2.85. The first-order valence-corrected chi connectivity index (χ1v) is 12.2. The van der Waals surface area contributed by atoms with Crippen molar-refractivity contribution in [3.05, 3.63) is 102 Å². The van der Waals surface area contributed by atoms with E-state index in [9.17, 15) is 13.2 Å². The highest BCUT2D eigenvalue weighted by atomic mass is 32.2. The molecule has 1 atom stereocenters. The highest BCUT2D eigenvalue weighted by molar-refractivity contribution is 7.85. The monoisotopic (exact) mass is 493 g/mol. The van der Waals surface area contributed by atoms with Gasteiger partial charge in [-0.25, -0.2) is 0 Å². The van der Waals surface area contributed by atoms with Gasteiger partial charge < -0.3 is 16.2 Å². The number of carbonyl (C=O) groups is 1. The van der Waals surface area contributed by atoms with E-state index < -0.39 is 16.0 Å². The summed E-state index contributed by atoms with van der Waals surface area (Å²) in [5.41, 5.74) is 9.12. The van der Waals surface area contributed by atoms with E-state index in [0.29, 0.717) is 0 Å². The van der Waals surface area contributed by atoms with E-state index in [0.717, 1.165) is 33.2 Å². The Morgan fingerprint density at radius 3 is 2.29 bits per heavy atom. The van der Waals surface area contributed by atoms with Crippen LogP contribution in [0.1, 0.15) is 22.6 Å². The number of nitrogens with one attached hydrogen (secondary N) is 1. The molecule has 1 amide bonds. The summed E-state index contributed by atoms with van der Waals surface area (Å²) < 4.78 is 29.6. The van der Waals surface area contributed by atoms with Crippen LogP contribution in [0.4, 0.5) is 5.69 Å². The molecule has 0 aliphatic rings. The largest absolute Gasteiger partial charge is 0.392 e. The zero-order valence-electron chi connectivity index (χ0n) is 19.1. The Bertz CT molecular complexity index is 1390. The maximum atomic E-state index is 12.6. The van der Waals surface area contributed by atoms with E-state index >= 15 is 0 Å². The Balaban J connectivity index is 0.000000261. The first kappa shape index (κ1) is 26.0. The van der Waals surface area contributed by atoms with Crippen LogP contribution in [0.5, 0.6) is 0 Å². The molecule has 1 heterocycles. The van der Waals surface area contributed by atoms with Crippen molar-refractivity contribution in [2.75, 3.05) is 11.9 Å². The van der Waals surface area contributed by atoms with Crippen molar-refractivity contribution < 1.29 is 22.9 Å². The minimum Gasteiger partial charge on any atom is -0.392 e. The number of amides is 1. The molecule has 0 saturated heterocycles. The van der Waals surface area contributed by atoms with Crippen molar-refractivity contribution in [3.63, 3.8) is 0 Å². The maximum Gasteiger partial charge on any atom is 0.294 e. The van der Waals surface area contributed by atoms with Gasteiger partial charge in [-0.3, -0.25) is 14.3 Å². The van der Waals surface area contributed by atoms with Gasteiger partial charge in [0.15, 0.2) is 0 Å². The number of hydrogen-bond donors (Lipinski definition) is 4. The van der Waals surface area contributed by atoms with Crippen LogP contribution in [0.3, 0.4) is 0 Å². The van der Waals surface area contributed by atoms with E-state index in [1.807, 2.05) is 43.3 Å². The Hall–Kier alpha value is -3.63. The zero-order valence-corrected chi connectivity index (χ0v) is 19.9. The van der Waals surface area contributed by atoms with Gasteiger partial charge >= 0.3 is 0 Å². The van der Waals surface area contributed by atoms with E-state index in [2.05, 4.69) is 10.3 Å². The Morgan fingerprint density at radius 1 is 1.00 bits per heavy atom. The van der Waals surface area contributed by atoms with Crippen LogP contribution in [0.25, 0.3) is 10.8 Å². The van der Waals surface area contributed by atoms with E-state index in [1.54, 1.807) is 36.7 Å². The topological polar surface area (TPSA) is 143 Å². The summed E-state index contributed by atoms with van der Waals surface area (Å²) in [4.78, 5) is 16.6. The molecule has 8 nitrogen and oxygen atoms in total. The fraction of sp³-hybridized carbons (Fsp3) is 0.154. The Morgan fingerprint density at radius 2 is 1.69 bits per heavy atom. The predicted octanol–water partition coefficient (Wildman–Crippen LogP) is 3.65. The number of pyridine rings is 1. The molecule has 0 unspecified atom stereocenters. The lowest BCUT2D eigenvalue weighted by Gasteiger charge is -2.16. The third-order valence-electron chi connectivity index (χ3n) is 5.34. The number of nitrogens with two attached hydrogens (primary N) is 1. The number of rotatable bonds is 6. The smallest absolute Gasteiger partial charge is 0.294 e. The number of aliphatic hydroxyl groups excluding tert-OH is 1. The van der Waals surface area contributed by atoms with Gasteiger partial charge in [0.2, 0.25) is 5.91 Å². The van der Waals surface area contributed by atoms with Crippen LogP contribution in [0.15, 0.2) is 90.1 Å². The van der Waals surface area contributed by atoms with Crippen LogP contribution in [-0.2, 0) is 21.5 Å². The van der Waals surface area contributed by atoms with Gasteiger partial charge in [0.25, 0.3) is 10.1 Å². The summed E-state index contributed by atoms with van der Waals surface area (Å²) in [6.45, 7) is 2.03.